The van der Waals surface area contributed by atoms with Crippen molar-refractivity contribution in [2.24, 2.45) is 0 Å². The van der Waals surface area contributed by atoms with Gasteiger partial charge in [-0.3, -0.25) is 4.98 Å². The molecule has 3 heteroatoms. The van der Waals surface area contributed by atoms with Crippen molar-refractivity contribution in [3.63, 3.8) is 0 Å². The molecule has 0 saturated heterocycles. The van der Waals surface area contributed by atoms with Crippen LogP contribution in [-0.4, -0.2) is 11.5 Å². The molecule has 2 rings (SSSR count). The third-order valence-corrected chi connectivity index (χ3v) is 3.32. The molecule has 0 amide bonds. The maximum atomic E-state index is 5.95. The minimum Gasteiger partial charge on any atom is -0.367 e. The second-order valence-electron chi connectivity index (χ2n) is 4.61. The van der Waals surface area contributed by atoms with Crippen molar-refractivity contribution in [2.45, 2.75) is 26.3 Å². The average Bonchev–Trinajstić information content (AvgIpc) is 2.45. The Hall–Kier alpha value is -1.54. The molecule has 19 heavy (non-hydrogen) atoms. The summed E-state index contributed by atoms with van der Waals surface area (Å²) in [7, 11) is 0. The van der Waals surface area contributed by atoms with Gasteiger partial charge in [0, 0.05) is 36.2 Å². The van der Waals surface area contributed by atoms with Crippen LogP contribution in [0.4, 0.5) is 5.69 Å². The van der Waals surface area contributed by atoms with Crippen molar-refractivity contribution in [1.29, 1.82) is 0 Å². The third kappa shape index (κ3) is 4.25. The highest BCUT2D eigenvalue weighted by Gasteiger charge is 2.07. The van der Waals surface area contributed by atoms with Crippen molar-refractivity contribution >= 4 is 17.3 Å². The Morgan fingerprint density at radius 3 is 2.58 bits per heavy atom. The summed E-state index contributed by atoms with van der Waals surface area (Å²) in [5, 5.41) is 0.778. The van der Waals surface area contributed by atoms with Gasteiger partial charge in [0.25, 0.3) is 0 Å². The van der Waals surface area contributed by atoms with Gasteiger partial charge in [-0.2, -0.15) is 0 Å². The largest absolute Gasteiger partial charge is 0.367 e. The molecule has 0 aliphatic heterocycles. The van der Waals surface area contributed by atoms with E-state index in [1.807, 2.05) is 30.6 Å². The van der Waals surface area contributed by atoms with E-state index in [0.29, 0.717) is 0 Å². The lowest BCUT2D eigenvalue weighted by atomic mass is 10.2. The zero-order valence-corrected chi connectivity index (χ0v) is 12.0. The molecule has 2 aromatic rings. The van der Waals surface area contributed by atoms with Crippen molar-refractivity contribution in [3.8, 4) is 0 Å². The van der Waals surface area contributed by atoms with E-state index in [1.165, 1.54) is 24.1 Å². The first-order chi connectivity index (χ1) is 9.29. The number of rotatable bonds is 6. The van der Waals surface area contributed by atoms with E-state index >= 15 is 0 Å². The Balaban J connectivity index is 2.13. The van der Waals surface area contributed by atoms with Crippen molar-refractivity contribution in [3.05, 3.63) is 59.4 Å². The molecule has 0 bridgehead atoms. The fourth-order valence-corrected chi connectivity index (χ4v) is 2.14. The zero-order valence-electron chi connectivity index (χ0n) is 11.2. The molecule has 0 aliphatic rings. The van der Waals surface area contributed by atoms with Crippen LogP contribution in [0.5, 0.6) is 0 Å². The smallest absolute Gasteiger partial charge is 0.0444 e. The molecular weight excluding hydrogens is 256 g/mol. The molecule has 100 valence electrons. The number of pyridine rings is 1. The third-order valence-electron chi connectivity index (χ3n) is 3.07. The number of hydrogen-bond donors (Lipinski definition) is 0. The van der Waals surface area contributed by atoms with Gasteiger partial charge in [0.05, 0.1) is 0 Å². The van der Waals surface area contributed by atoms with Crippen LogP contribution in [0, 0.1) is 0 Å². The summed E-state index contributed by atoms with van der Waals surface area (Å²) in [6.07, 6.45) is 6.11. The molecule has 1 aromatic carbocycles. The molecule has 0 fully saturated rings. The van der Waals surface area contributed by atoms with Gasteiger partial charge < -0.3 is 4.90 Å². The first-order valence-electron chi connectivity index (χ1n) is 6.69. The van der Waals surface area contributed by atoms with Crippen LogP contribution in [0.15, 0.2) is 48.8 Å². The maximum Gasteiger partial charge on any atom is 0.0444 e. The summed E-state index contributed by atoms with van der Waals surface area (Å²) in [4.78, 5) is 6.55. The molecule has 0 aliphatic carbocycles. The van der Waals surface area contributed by atoms with Crippen LogP contribution in [0.25, 0.3) is 0 Å². The van der Waals surface area contributed by atoms with Crippen LogP contribution in [-0.2, 0) is 6.54 Å². The van der Waals surface area contributed by atoms with E-state index in [9.17, 15) is 0 Å². The molecule has 0 atom stereocenters. The second kappa shape index (κ2) is 7.15. The summed E-state index contributed by atoms with van der Waals surface area (Å²) in [6, 6.07) is 12.1. The molecular formula is C16H19ClN2. The summed E-state index contributed by atoms with van der Waals surface area (Å²) in [6.45, 7) is 4.15. The van der Waals surface area contributed by atoms with E-state index in [-0.39, 0.29) is 0 Å². The predicted molar refractivity (Wildman–Crippen MR) is 81.6 cm³/mol. The standard InChI is InChI=1S/C16H19ClN2/c1-2-3-11-19(13-14-5-4-10-18-12-14)16-8-6-15(17)7-9-16/h4-10,12H,2-3,11,13H2,1H3. The molecule has 0 N–H and O–H groups in total. The average molecular weight is 275 g/mol. The van der Waals surface area contributed by atoms with Gasteiger partial charge >= 0.3 is 0 Å². The van der Waals surface area contributed by atoms with Crippen molar-refractivity contribution < 1.29 is 0 Å². The molecule has 0 saturated carbocycles. The Morgan fingerprint density at radius 1 is 1.16 bits per heavy atom. The highest BCUT2D eigenvalue weighted by molar-refractivity contribution is 6.30. The van der Waals surface area contributed by atoms with E-state index in [4.69, 9.17) is 11.6 Å². The monoisotopic (exact) mass is 274 g/mol. The fourth-order valence-electron chi connectivity index (χ4n) is 2.01. The van der Waals surface area contributed by atoms with Crippen molar-refractivity contribution in [1.82, 2.24) is 4.98 Å². The molecule has 1 aromatic heterocycles. The van der Waals surface area contributed by atoms with Crippen molar-refractivity contribution in [2.75, 3.05) is 11.4 Å². The number of nitrogens with zero attached hydrogens (tertiary/aromatic N) is 2. The number of benzene rings is 1. The van der Waals surface area contributed by atoms with Gasteiger partial charge in [-0.05, 0) is 42.3 Å². The Labute approximate surface area is 120 Å². The Morgan fingerprint density at radius 2 is 1.95 bits per heavy atom. The van der Waals surface area contributed by atoms with Gasteiger partial charge in [0.2, 0.25) is 0 Å². The lowest BCUT2D eigenvalue weighted by Crippen LogP contribution is -2.23. The van der Waals surface area contributed by atoms with E-state index in [0.717, 1.165) is 18.1 Å². The van der Waals surface area contributed by atoms with Gasteiger partial charge in [-0.15, -0.1) is 0 Å². The fraction of sp³-hybridized carbons (Fsp3) is 0.312. The highest BCUT2D eigenvalue weighted by atomic mass is 35.5. The van der Waals surface area contributed by atoms with Gasteiger partial charge in [0.1, 0.15) is 0 Å². The number of aromatic nitrogens is 1. The minimum absolute atomic E-state index is 0.778. The number of unbranched alkanes of at least 4 members (excludes halogenated alkanes) is 1. The van der Waals surface area contributed by atoms with Crippen LogP contribution in [0.1, 0.15) is 25.3 Å². The first-order valence-corrected chi connectivity index (χ1v) is 7.07. The van der Waals surface area contributed by atoms with Crippen LogP contribution >= 0.6 is 11.6 Å². The maximum absolute atomic E-state index is 5.95. The molecule has 1 heterocycles. The first kappa shape index (κ1) is 13.9. The van der Waals surface area contributed by atoms with E-state index < -0.39 is 0 Å². The zero-order chi connectivity index (χ0) is 13.5. The summed E-state index contributed by atoms with van der Waals surface area (Å²) >= 11 is 5.95. The van der Waals surface area contributed by atoms with Crippen LogP contribution < -0.4 is 4.90 Å². The molecule has 0 spiro atoms. The highest BCUT2D eigenvalue weighted by Crippen LogP contribution is 2.20. The number of anilines is 1. The minimum atomic E-state index is 0.778. The second-order valence-corrected chi connectivity index (χ2v) is 5.05. The van der Waals surface area contributed by atoms with E-state index in [1.54, 1.807) is 0 Å². The molecule has 0 unspecified atom stereocenters. The normalized spacial score (nSPS) is 10.4. The summed E-state index contributed by atoms with van der Waals surface area (Å²) in [5.74, 6) is 0. The number of halogens is 1. The molecule has 2 nitrogen and oxygen atoms in total. The van der Waals surface area contributed by atoms with Gasteiger partial charge in [0.15, 0.2) is 0 Å². The van der Waals surface area contributed by atoms with Gasteiger partial charge in [-0.25, -0.2) is 0 Å². The Kier molecular flexibility index (Phi) is 5.22. The summed E-state index contributed by atoms with van der Waals surface area (Å²) in [5.41, 5.74) is 2.44. The SMILES string of the molecule is CCCCN(Cc1cccnc1)c1ccc(Cl)cc1. The van der Waals surface area contributed by atoms with Gasteiger partial charge in [-0.1, -0.05) is 31.0 Å². The predicted octanol–water partition coefficient (Wildman–Crippen LogP) is 4.54. The summed E-state index contributed by atoms with van der Waals surface area (Å²) < 4.78 is 0. The van der Waals surface area contributed by atoms with Crippen LogP contribution in [0.2, 0.25) is 5.02 Å². The Bertz CT molecular complexity index is 482. The quantitative estimate of drug-likeness (QED) is 0.769. The number of hydrogen-bond acceptors (Lipinski definition) is 2. The van der Waals surface area contributed by atoms with Crippen LogP contribution in [0.3, 0.4) is 0 Å². The lowest BCUT2D eigenvalue weighted by Gasteiger charge is -2.24. The topological polar surface area (TPSA) is 16.1 Å². The molecule has 0 radical (unpaired) electrons. The van der Waals surface area contributed by atoms with E-state index in [2.05, 4.69) is 35.0 Å². The lowest BCUT2D eigenvalue weighted by molar-refractivity contribution is 0.715.